The summed E-state index contributed by atoms with van der Waals surface area (Å²) in [5.41, 5.74) is -0.266. The largest absolute Gasteiger partial charge is 0.349 e. The maximum absolute atomic E-state index is 13.6. The van der Waals surface area contributed by atoms with Crippen molar-refractivity contribution >= 4 is 21.6 Å². The average molecular weight is 352 g/mol. The highest BCUT2D eigenvalue weighted by Crippen LogP contribution is 2.20. The van der Waals surface area contributed by atoms with Gasteiger partial charge in [0.2, 0.25) is 0 Å². The van der Waals surface area contributed by atoms with Crippen LogP contribution in [0.3, 0.4) is 0 Å². The molecule has 0 unspecified atom stereocenters. The molecule has 126 valence electrons. The lowest BCUT2D eigenvalue weighted by atomic mass is 10.2. The van der Waals surface area contributed by atoms with Gasteiger partial charge in [-0.25, -0.2) is 17.2 Å². The van der Waals surface area contributed by atoms with Crippen molar-refractivity contribution in [3.8, 4) is 0 Å². The highest BCUT2D eigenvalue weighted by atomic mass is 32.2. The quantitative estimate of drug-likeness (QED) is 0.785. The first-order chi connectivity index (χ1) is 11.3. The Hall–Kier alpha value is -2.74. The molecular formula is C16H14F2N2O3S. The smallest absolute Gasteiger partial charge is 0.262 e. The molecule has 0 saturated carbocycles. The van der Waals surface area contributed by atoms with Gasteiger partial charge < -0.3 is 5.32 Å². The Balaban J connectivity index is 2.29. The summed E-state index contributed by atoms with van der Waals surface area (Å²) >= 11 is 0. The van der Waals surface area contributed by atoms with Crippen molar-refractivity contribution < 1.29 is 22.0 Å². The van der Waals surface area contributed by atoms with Crippen molar-refractivity contribution in [1.82, 2.24) is 5.32 Å². The van der Waals surface area contributed by atoms with Gasteiger partial charge in [-0.05, 0) is 30.3 Å². The number of rotatable bonds is 6. The molecule has 0 aromatic heterocycles. The van der Waals surface area contributed by atoms with Crippen LogP contribution in [0.2, 0.25) is 0 Å². The summed E-state index contributed by atoms with van der Waals surface area (Å²) in [5.74, 6) is -2.34. The van der Waals surface area contributed by atoms with Crippen LogP contribution in [0.1, 0.15) is 10.4 Å². The molecule has 0 saturated heterocycles. The zero-order chi connectivity index (χ0) is 17.7. The normalized spacial score (nSPS) is 10.9. The summed E-state index contributed by atoms with van der Waals surface area (Å²) < 4.78 is 53.1. The lowest BCUT2D eigenvalue weighted by Crippen LogP contribution is -2.23. The van der Waals surface area contributed by atoms with Gasteiger partial charge in [-0.1, -0.05) is 12.1 Å². The molecule has 0 aliphatic rings. The van der Waals surface area contributed by atoms with Gasteiger partial charge in [-0.2, -0.15) is 0 Å². The van der Waals surface area contributed by atoms with Gasteiger partial charge >= 0.3 is 0 Å². The van der Waals surface area contributed by atoms with Crippen LogP contribution in [0.25, 0.3) is 0 Å². The first-order valence-corrected chi connectivity index (χ1v) is 8.29. The van der Waals surface area contributed by atoms with Gasteiger partial charge in [0.25, 0.3) is 15.9 Å². The molecule has 2 aromatic carbocycles. The minimum Gasteiger partial charge on any atom is -0.349 e. The van der Waals surface area contributed by atoms with Crippen LogP contribution in [-0.2, 0) is 10.0 Å². The number of halogens is 2. The second-order valence-corrected chi connectivity index (χ2v) is 6.44. The van der Waals surface area contributed by atoms with Gasteiger partial charge in [0.15, 0.2) is 0 Å². The molecule has 2 N–H and O–H groups in total. The third kappa shape index (κ3) is 4.17. The summed E-state index contributed by atoms with van der Waals surface area (Å²) in [7, 11) is -4.14. The van der Waals surface area contributed by atoms with Crippen LogP contribution in [0.15, 0.2) is 60.0 Å². The van der Waals surface area contributed by atoms with Crippen molar-refractivity contribution in [2.75, 3.05) is 11.3 Å². The Morgan fingerprint density at radius 1 is 1.17 bits per heavy atom. The number of hydrogen-bond donors (Lipinski definition) is 2. The molecule has 0 heterocycles. The molecule has 2 rings (SSSR count). The third-order valence-corrected chi connectivity index (χ3v) is 4.35. The van der Waals surface area contributed by atoms with Gasteiger partial charge in [0, 0.05) is 18.2 Å². The monoisotopic (exact) mass is 352 g/mol. The first-order valence-electron chi connectivity index (χ1n) is 6.80. The van der Waals surface area contributed by atoms with E-state index in [9.17, 15) is 22.0 Å². The standard InChI is InChI=1S/C16H14F2N2O3S/c1-2-8-19-16(21)11-4-3-5-13(9-11)24(22,23)20-15-7-6-12(17)10-14(15)18/h2-7,9-10,20H,1,8H2,(H,19,21). The van der Waals surface area contributed by atoms with E-state index in [1.807, 2.05) is 4.72 Å². The van der Waals surface area contributed by atoms with Crippen LogP contribution >= 0.6 is 0 Å². The van der Waals surface area contributed by atoms with E-state index in [-0.39, 0.29) is 17.0 Å². The van der Waals surface area contributed by atoms with Crippen LogP contribution in [0.5, 0.6) is 0 Å². The number of nitrogens with one attached hydrogen (secondary N) is 2. The molecule has 0 fully saturated rings. The lowest BCUT2D eigenvalue weighted by molar-refractivity contribution is 0.0958. The molecule has 2 aromatic rings. The van der Waals surface area contributed by atoms with E-state index in [1.165, 1.54) is 24.3 Å². The molecule has 0 aliphatic heterocycles. The van der Waals surface area contributed by atoms with Crippen LogP contribution in [0, 0.1) is 11.6 Å². The van der Waals surface area contributed by atoms with Crippen molar-refractivity contribution in [3.63, 3.8) is 0 Å². The first kappa shape index (κ1) is 17.6. The van der Waals surface area contributed by atoms with Gasteiger partial charge in [-0.3, -0.25) is 9.52 Å². The van der Waals surface area contributed by atoms with Crippen LogP contribution in [-0.4, -0.2) is 20.9 Å². The second kappa shape index (κ2) is 7.22. The van der Waals surface area contributed by atoms with Crippen molar-refractivity contribution in [2.45, 2.75) is 4.90 Å². The highest BCUT2D eigenvalue weighted by molar-refractivity contribution is 7.92. The van der Waals surface area contributed by atoms with Gasteiger partial charge in [0.05, 0.1) is 10.6 Å². The molecule has 1 amide bonds. The maximum atomic E-state index is 13.6. The van der Waals surface area contributed by atoms with E-state index in [2.05, 4.69) is 11.9 Å². The van der Waals surface area contributed by atoms with Crippen molar-refractivity contribution in [3.05, 3.63) is 72.3 Å². The van der Waals surface area contributed by atoms with E-state index in [4.69, 9.17) is 0 Å². The summed E-state index contributed by atoms with van der Waals surface area (Å²) in [6.45, 7) is 3.69. The number of hydrogen-bond acceptors (Lipinski definition) is 3. The SMILES string of the molecule is C=CCNC(=O)c1cccc(S(=O)(=O)Nc2ccc(F)cc2F)c1. The zero-order valence-corrected chi connectivity index (χ0v) is 13.2. The number of benzene rings is 2. The Morgan fingerprint density at radius 2 is 1.92 bits per heavy atom. The summed E-state index contributed by atoms with van der Waals surface area (Å²) in [5, 5.41) is 2.52. The number of sulfonamides is 1. The molecule has 5 nitrogen and oxygen atoms in total. The topological polar surface area (TPSA) is 75.3 Å². The molecule has 0 aliphatic carbocycles. The van der Waals surface area contributed by atoms with E-state index >= 15 is 0 Å². The molecule has 0 radical (unpaired) electrons. The van der Waals surface area contributed by atoms with E-state index < -0.39 is 33.3 Å². The molecular weight excluding hydrogens is 338 g/mol. The number of carbonyl (C=O) groups excluding carboxylic acids is 1. The second-order valence-electron chi connectivity index (χ2n) is 4.76. The fourth-order valence-electron chi connectivity index (χ4n) is 1.85. The fourth-order valence-corrected chi connectivity index (χ4v) is 2.96. The molecule has 0 atom stereocenters. The predicted molar refractivity (Wildman–Crippen MR) is 86.1 cm³/mol. The Labute approximate surface area is 138 Å². The minimum absolute atomic E-state index is 0.124. The fraction of sp³-hybridized carbons (Fsp3) is 0.0625. The Kier molecular flexibility index (Phi) is 5.30. The molecule has 8 heteroatoms. The Morgan fingerprint density at radius 3 is 2.58 bits per heavy atom. The van der Waals surface area contributed by atoms with E-state index in [1.54, 1.807) is 0 Å². The number of amides is 1. The average Bonchev–Trinajstić information content (AvgIpc) is 2.55. The zero-order valence-electron chi connectivity index (χ0n) is 12.4. The van der Waals surface area contributed by atoms with E-state index in [0.717, 1.165) is 18.2 Å². The summed E-state index contributed by atoms with van der Waals surface area (Å²) in [6, 6.07) is 7.71. The van der Waals surface area contributed by atoms with Crippen molar-refractivity contribution in [1.29, 1.82) is 0 Å². The van der Waals surface area contributed by atoms with Crippen LogP contribution in [0.4, 0.5) is 14.5 Å². The lowest BCUT2D eigenvalue weighted by Gasteiger charge is -2.10. The number of carbonyl (C=O) groups is 1. The third-order valence-electron chi connectivity index (χ3n) is 2.99. The predicted octanol–water partition coefficient (Wildman–Crippen LogP) is 2.68. The van der Waals surface area contributed by atoms with E-state index in [0.29, 0.717) is 6.07 Å². The Bertz CT molecular complexity index is 883. The maximum Gasteiger partial charge on any atom is 0.262 e. The number of anilines is 1. The van der Waals surface area contributed by atoms with Gasteiger partial charge in [-0.15, -0.1) is 6.58 Å². The molecule has 0 bridgehead atoms. The molecule has 24 heavy (non-hydrogen) atoms. The highest BCUT2D eigenvalue weighted by Gasteiger charge is 2.18. The summed E-state index contributed by atoms with van der Waals surface area (Å²) in [6.07, 6.45) is 1.48. The molecule has 0 spiro atoms. The van der Waals surface area contributed by atoms with Crippen molar-refractivity contribution in [2.24, 2.45) is 0 Å². The summed E-state index contributed by atoms with van der Waals surface area (Å²) in [4.78, 5) is 11.6. The minimum atomic E-state index is -4.14. The van der Waals surface area contributed by atoms with Crippen LogP contribution < -0.4 is 10.0 Å². The van der Waals surface area contributed by atoms with Gasteiger partial charge in [0.1, 0.15) is 11.6 Å².